The third-order valence-corrected chi connectivity index (χ3v) is 7.64. The molecule has 0 aliphatic rings. The lowest BCUT2D eigenvalue weighted by Crippen LogP contribution is -2.50. The van der Waals surface area contributed by atoms with Gasteiger partial charge in [0.1, 0.15) is 6.04 Å². The van der Waals surface area contributed by atoms with Crippen LogP contribution in [0.3, 0.4) is 0 Å². The molecular weight excluding hydrogens is 430 g/mol. The lowest BCUT2D eigenvalue weighted by molar-refractivity contribution is -0.123. The number of nitrogens with one attached hydrogen (secondary N) is 2. The first-order valence-electron chi connectivity index (χ1n) is 10.2. The van der Waals surface area contributed by atoms with E-state index in [1.165, 1.54) is 0 Å². The smallest absolute Gasteiger partial charge is 0.241 e. The van der Waals surface area contributed by atoms with Gasteiger partial charge in [-0.1, -0.05) is 50.2 Å². The monoisotopic (exact) mass is 459 g/mol. The van der Waals surface area contributed by atoms with Crippen LogP contribution >= 0.6 is 11.3 Å². The zero-order chi connectivity index (χ0) is 22.6. The molecular formula is C23H29N3O3S2. The Hall–Kier alpha value is -2.26. The van der Waals surface area contributed by atoms with Gasteiger partial charge in [-0.05, 0) is 54.4 Å². The van der Waals surface area contributed by atoms with E-state index in [-0.39, 0.29) is 22.8 Å². The van der Waals surface area contributed by atoms with E-state index >= 15 is 0 Å². The predicted octanol–water partition coefficient (Wildman–Crippen LogP) is 3.62. The van der Waals surface area contributed by atoms with E-state index in [2.05, 4.69) is 10.0 Å². The number of fused-ring (bicyclic) bond motifs is 1. The van der Waals surface area contributed by atoms with Crippen molar-refractivity contribution in [1.82, 2.24) is 14.9 Å². The SMILES string of the molecule is CC(C)C(NS(=O)(=O)c1ccc2ccccc2c1)C(=O)NCC(c1cccs1)N(C)C. The second kappa shape index (κ2) is 9.91. The topological polar surface area (TPSA) is 78.5 Å². The molecule has 0 aliphatic heterocycles. The highest BCUT2D eigenvalue weighted by atomic mass is 32.2. The van der Waals surface area contributed by atoms with Crippen molar-refractivity contribution in [3.63, 3.8) is 0 Å². The summed E-state index contributed by atoms with van der Waals surface area (Å²) in [4.78, 5) is 16.3. The number of likely N-dealkylation sites (N-methyl/N-ethyl adjacent to an activating group) is 1. The molecule has 0 saturated carbocycles. The summed E-state index contributed by atoms with van der Waals surface area (Å²) in [6, 6.07) is 15.7. The van der Waals surface area contributed by atoms with Gasteiger partial charge >= 0.3 is 0 Å². The van der Waals surface area contributed by atoms with E-state index in [0.717, 1.165) is 15.6 Å². The molecule has 1 heterocycles. The molecule has 2 unspecified atom stereocenters. The van der Waals surface area contributed by atoms with Crippen molar-refractivity contribution in [2.45, 2.75) is 30.8 Å². The van der Waals surface area contributed by atoms with Crippen molar-refractivity contribution in [2.24, 2.45) is 5.92 Å². The first-order valence-corrected chi connectivity index (χ1v) is 12.5. The fourth-order valence-corrected chi connectivity index (χ4v) is 5.69. The van der Waals surface area contributed by atoms with Gasteiger partial charge in [0.05, 0.1) is 10.9 Å². The Kier molecular flexibility index (Phi) is 7.48. The van der Waals surface area contributed by atoms with Crippen LogP contribution in [0.1, 0.15) is 24.8 Å². The van der Waals surface area contributed by atoms with Gasteiger partial charge in [-0.2, -0.15) is 4.72 Å². The van der Waals surface area contributed by atoms with Gasteiger partial charge in [0, 0.05) is 11.4 Å². The number of carbonyl (C=O) groups is 1. The molecule has 0 spiro atoms. The molecule has 2 aromatic carbocycles. The first-order chi connectivity index (χ1) is 14.7. The van der Waals surface area contributed by atoms with Crippen molar-refractivity contribution >= 4 is 38.0 Å². The molecule has 8 heteroatoms. The number of thiophene rings is 1. The second-order valence-corrected chi connectivity index (χ2v) is 10.8. The highest BCUT2D eigenvalue weighted by Crippen LogP contribution is 2.23. The Balaban J connectivity index is 1.75. The zero-order valence-corrected chi connectivity index (χ0v) is 19.8. The van der Waals surface area contributed by atoms with Crippen molar-refractivity contribution in [1.29, 1.82) is 0 Å². The highest BCUT2D eigenvalue weighted by Gasteiger charge is 2.29. The number of hydrogen-bond donors (Lipinski definition) is 2. The van der Waals surface area contributed by atoms with Crippen LogP contribution in [0.4, 0.5) is 0 Å². The molecule has 0 radical (unpaired) electrons. The number of hydrogen-bond acceptors (Lipinski definition) is 5. The van der Waals surface area contributed by atoms with Crippen molar-refractivity contribution in [2.75, 3.05) is 20.6 Å². The summed E-state index contributed by atoms with van der Waals surface area (Å²) < 4.78 is 28.7. The molecule has 31 heavy (non-hydrogen) atoms. The maximum absolute atomic E-state index is 13.0. The Morgan fingerprint density at radius 2 is 1.74 bits per heavy atom. The van der Waals surface area contributed by atoms with Crippen molar-refractivity contribution in [3.05, 3.63) is 64.9 Å². The number of rotatable bonds is 9. The molecule has 2 atom stereocenters. The van der Waals surface area contributed by atoms with Crippen LogP contribution in [-0.2, 0) is 14.8 Å². The average molecular weight is 460 g/mol. The van der Waals surface area contributed by atoms with Gasteiger partial charge in [-0.25, -0.2) is 8.42 Å². The van der Waals surface area contributed by atoms with Gasteiger partial charge in [-0.15, -0.1) is 11.3 Å². The molecule has 166 valence electrons. The van der Waals surface area contributed by atoms with E-state index in [1.807, 2.05) is 74.6 Å². The fourth-order valence-electron chi connectivity index (χ4n) is 3.39. The van der Waals surface area contributed by atoms with E-state index in [4.69, 9.17) is 0 Å². The molecule has 0 saturated heterocycles. The molecule has 0 aliphatic carbocycles. The minimum atomic E-state index is -3.86. The number of carbonyl (C=O) groups excluding carboxylic acids is 1. The lowest BCUT2D eigenvalue weighted by Gasteiger charge is -2.26. The standard InChI is InChI=1S/C23H29N3O3S2/c1-16(2)22(23(27)24-15-20(26(3)4)21-10-7-13-30-21)25-31(28,29)19-12-11-17-8-5-6-9-18(17)14-19/h5-14,16,20,22,25H,15H2,1-4H3,(H,24,27). The Morgan fingerprint density at radius 1 is 1.03 bits per heavy atom. The van der Waals surface area contributed by atoms with Crippen LogP contribution in [0.15, 0.2) is 64.9 Å². The van der Waals surface area contributed by atoms with Gasteiger partial charge in [0.15, 0.2) is 0 Å². The lowest BCUT2D eigenvalue weighted by atomic mass is 10.0. The van der Waals surface area contributed by atoms with E-state index in [1.54, 1.807) is 29.5 Å². The van der Waals surface area contributed by atoms with Gasteiger partial charge in [0.25, 0.3) is 0 Å². The first kappa shape index (κ1) is 23.4. The van der Waals surface area contributed by atoms with Crippen molar-refractivity contribution in [3.8, 4) is 0 Å². The maximum atomic E-state index is 13.0. The van der Waals surface area contributed by atoms with Gasteiger partial charge in [0.2, 0.25) is 15.9 Å². The van der Waals surface area contributed by atoms with Crippen LogP contribution in [0.25, 0.3) is 10.8 Å². The van der Waals surface area contributed by atoms with Crippen molar-refractivity contribution < 1.29 is 13.2 Å². The van der Waals surface area contributed by atoms with Crippen LogP contribution in [0.5, 0.6) is 0 Å². The molecule has 2 N–H and O–H groups in total. The summed E-state index contributed by atoms with van der Waals surface area (Å²) in [6.45, 7) is 4.05. The number of amides is 1. The summed E-state index contributed by atoms with van der Waals surface area (Å²) in [6.07, 6.45) is 0. The minimum Gasteiger partial charge on any atom is -0.353 e. The summed E-state index contributed by atoms with van der Waals surface area (Å²) in [7, 11) is 0.0562. The van der Waals surface area contributed by atoms with E-state index < -0.39 is 16.1 Å². The third kappa shape index (κ3) is 5.71. The predicted molar refractivity (Wildman–Crippen MR) is 127 cm³/mol. The van der Waals surface area contributed by atoms with Crippen LogP contribution in [0, 0.1) is 5.92 Å². The molecule has 6 nitrogen and oxygen atoms in total. The summed E-state index contributed by atoms with van der Waals surface area (Å²) in [5.74, 6) is -0.544. The summed E-state index contributed by atoms with van der Waals surface area (Å²) in [5.41, 5.74) is 0. The summed E-state index contributed by atoms with van der Waals surface area (Å²) in [5, 5.41) is 6.73. The van der Waals surface area contributed by atoms with E-state index in [0.29, 0.717) is 6.54 Å². The summed E-state index contributed by atoms with van der Waals surface area (Å²) >= 11 is 1.63. The third-order valence-electron chi connectivity index (χ3n) is 5.23. The van der Waals surface area contributed by atoms with Gasteiger partial charge in [-0.3, -0.25) is 4.79 Å². The number of nitrogens with zero attached hydrogens (tertiary/aromatic N) is 1. The van der Waals surface area contributed by atoms with Crippen LogP contribution < -0.4 is 10.0 Å². The largest absolute Gasteiger partial charge is 0.353 e. The Morgan fingerprint density at radius 3 is 2.35 bits per heavy atom. The van der Waals surface area contributed by atoms with Crippen LogP contribution in [-0.4, -0.2) is 45.9 Å². The minimum absolute atomic E-state index is 0.0221. The Labute approximate surface area is 188 Å². The molecule has 3 aromatic rings. The Bertz CT molecular complexity index is 1130. The van der Waals surface area contributed by atoms with Crippen LogP contribution in [0.2, 0.25) is 0 Å². The molecule has 0 bridgehead atoms. The fraction of sp³-hybridized carbons (Fsp3) is 0.348. The number of benzene rings is 2. The average Bonchev–Trinajstić information content (AvgIpc) is 3.25. The van der Waals surface area contributed by atoms with E-state index in [9.17, 15) is 13.2 Å². The number of sulfonamides is 1. The molecule has 1 amide bonds. The normalized spacial score (nSPS) is 14.1. The zero-order valence-electron chi connectivity index (χ0n) is 18.2. The van der Waals surface area contributed by atoms with Gasteiger partial charge < -0.3 is 10.2 Å². The molecule has 1 aromatic heterocycles. The molecule has 3 rings (SSSR count). The quantitative estimate of drug-likeness (QED) is 0.512. The maximum Gasteiger partial charge on any atom is 0.241 e. The highest BCUT2D eigenvalue weighted by molar-refractivity contribution is 7.89. The second-order valence-electron chi connectivity index (χ2n) is 8.09. The molecule has 0 fully saturated rings.